The molecular weight excluding hydrogens is 354 g/mol. The molecule has 20 heavy (non-hydrogen) atoms. The second-order valence-corrected chi connectivity index (χ2v) is 7.40. The SMILES string of the molecule is O=S(=O)(CC1CCCCN1)Nc1cc(F)c(Br)cc1F. The predicted molar refractivity (Wildman–Crippen MR) is 77.1 cm³/mol. The van der Waals surface area contributed by atoms with Gasteiger partial charge in [-0.05, 0) is 41.4 Å². The fourth-order valence-electron chi connectivity index (χ4n) is 2.14. The molecule has 1 saturated heterocycles. The van der Waals surface area contributed by atoms with E-state index in [0.717, 1.165) is 37.9 Å². The van der Waals surface area contributed by atoms with E-state index in [1.54, 1.807) is 0 Å². The molecule has 0 saturated carbocycles. The maximum Gasteiger partial charge on any atom is 0.234 e. The van der Waals surface area contributed by atoms with Gasteiger partial charge in [0.25, 0.3) is 0 Å². The third kappa shape index (κ3) is 4.13. The molecule has 2 rings (SSSR count). The predicted octanol–water partition coefficient (Wildman–Crippen LogP) is 2.61. The molecule has 1 aliphatic rings. The van der Waals surface area contributed by atoms with Gasteiger partial charge in [-0.15, -0.1) is 0 Å². The molecule has 2 N–H and O–H groups in total. The van der Waals surface area contributed by atoms with Gasteiger partial charge in [-0.2, -0.15) is 0 Å². The highest BCUT2D eigenvalue weighted by atomic mass is 79.9. The third-order valence-electron chi connectivity index (χ3n) is 3.11. The molecule has 1 unspecified atom stereocenters. The molecule has 1 atom stereocenters. The first-order valence-corrected chi connectivity index (χ1v) is 8.70. The number of halogens is 3. The van der Waals surface area contributed by atoms with Gasteiger partial charge in [0.05, 0.1) is 15.9 Å². The maximum atomic E-state index is 13.6. The first-order valence-electron chi connectivity index (χ1n) is 6.26. The maximum absolute atomic E-state index is 13.6. The van der Waals surface area contributed by atoms with Crippen molar-refractivity contribution in [2.24, 2.45) is 0 Å². The molecule has 1 fully saturated rings. The Morgan fingerprint density at radius 3 is 2.70 bits per heavy atom. The van der Waals surface area contributed by atoms with Crippen molar-refractivity contribution in [2.75, 3.05) is 17.0 Å². The molecule has 0 aromatic heterocycles. The van der Waals surface area contributed by atoms with Crippen LogP contribution in [0.5, 0.6) is 0 Å². The highest BCUT2D eigenvalue weighted by Crippen LogP contribution is 2.24. The van der Waals surface area contributed by atoms with Crippen LogP contribution >= 0.6 is 15.9 Å². The van der Waals surface area contributed by atoms with E-state index >= 15 is 0 Å². The van der Waals surface area contributed by atoms with Gasteiger partial charge >= 0.3 is 0 Å². The number of anilines is 1. The van der Waals surface area contributed by atoms with Crippen molar-refractivity contribution in [1.82, 2.24) is 5.32 Å². The molecule has 112 valence electrons. The van der Waals surface area contributed by atoms with E-state index in [1.807, 2.05) is 0 Å². The van der Waals surface area contributed by atoms with Gasteiger partial charge in [0.1, 0.15) is 11.6 Å². The van der Waals surface area contributed by atoms with Gasteiger partial charge in [0.2, 0.25) is 10.0 Å². The van der Waals surface area contributed by atoms with E-state index in [-0.39, 0.29) is 22.0 Å². The third-order valence-corrected chi connectivity index (χ3v) is 5.09. The summed E-state index contributed by atoms with van der Waals surface area (Å²) in [5.74, 6) is -1.69. The van der Waals surface area contributed by atoms with E-state index in [0.29, 0.717) is 0 Å². The molecule has 8 heteroatoms. The fourth-order valence-corrected chi connectivity index (χ4v) is 3.85. The second kappa shape index (κ2) is 6.36. The molecule has 4 nitrogen and oxygen atoms in total. The van der Waals surface area contributed by atoms with Crippen LogP contribution in [0.25, 0.3) is 0 Å². The molecule has 1 aromatic rings. The summed E-state index contributed by atoms with van der Waals surface area (Å²) in [7, 11) is -3.72. The molecule has 1 aromatic carbocycles. The molecule has 0 spiro atoms. The summed E-state index contributed by atoms with van der Waals surface area (Å²) in [4.78, 5) is 0. The van der Waals surface area contributed by atoms with Crippen molar-refractivity contribution in [3.63, 3.8) is 0 Å². The quantitative estimate of drug-likeness (QED) is 0.803. The lowest BCUT2D eigenvalue weighted by Gasteiger charge is -2.23. The molecule has 0 bridgehead atoms. The number of hydrogen-bond donors (Lipinski definition) is 2. The smallest absolute Gasteiger partial charge is 0.234 e. The summed E-state index contributed by atoms with van der Waals surface area (Å²) >= 11 is 2.84. The lowest BCUT2D eigenvalue weighted by molar-refractivity contribution is 0.424. The molecule has 1 aliphatic heterocycles. The summed E-state index contributed by atoms with van der Waals surface area (Å²) in [6.45, 7) is 0.779. The highest BCUT2D eigenvalue weighted by molar-refractivity contribution is 9.10. The second-order valence-electron chi connectivity index (χ2n) is 4.78. The van der Waals surface area contributed by atoms with E-state index in [2.05, 4.69) is 26.0 Å². The van der Waals surface area contributed by atoms with Crippen molar-refractivity contribution in [3.8, 4) is 0 Å². The molecule has 0 aliphatic carbocycles. The van der Waals surface area contributed by atoms with Crippen LogP contribution in [0, 0.1) is 11.6 Å². The summed E-state index contributed by atoms with van der Waals surface area (Å²) in [6, 6.07) is 1.57. The number of benzene rings is 1. The number of piperidine rings is 1. The minimum Gasteiger partial charge on any atom is -0.313 e. The normalized spacial score (nSPS) is 19.9. The summed E-state index contributed by atoms with van der Waals surface area (Å²) in [5, 5.41) is 3.10. The van der Waals surface area contributed by atoms with Crippen LogP contribution in [0.3, 0.4) is 0 Å². The Labute approximate surface area is 125 Å². The molecule has 0 radical (unpaired) electrons. The van der Waals surface area contributed by atoms with Crippen LogP contribution in [0.1, 0.15) is 19.3 Å². The summed E-state index contributed by atoms with van der Waals surface area (Å²) in [5.41, 5.74) is -0.374. The Balaban J connectivity index is 2.09. The Hall–Kier alpha value is -0.730. The largest absolute Gasteiger partial charge is 0.313 e. The van der Waals surface area contributed by atoms with Crippen molar-refractivity contribution in [1.29, 1.82) is 0 Å². The van der Waals surface area contributed by atoms with Crippen LogP contribution < -0.4 is 10.0 Å². The van der Waals surface area contributed by atoms with E-state index < -0.39 is 21.7 Å². The molecule has 0 amide bonds. The average molecular weight is 369 g/mol. The van der Waals surface area contributed by atoms with Gasteiger partial charge in [0.15, 0.2) is 0 Å². The van der Waals surface area contributed by atoms with Crippen LogP contribution in [-0.2, 0) is 10.0 Å². The molecule has 1 heterocycles. The summed E-state index contributed by atoms with van der Waals surface area (Å²) < 4.78 is 52.9. The van der Waals surface area contributed by atoms with Crippen molar-refractivity contribution >= 4 is 31.6 Å². The monoisotopic (exact) mass is 368 g/mol. The zero-order chi connectivity index (χ0) is 14.8. The number of rotatable bonds is 4. The lowest BCUT2D eigenvalue weighted by Crippen LogP contribution is -2.40. The van der Waals surface area contributed by atoms with Gasteiger partial charge < -0.3 is 5.32 Å². The number of sulfonamides is 1. The minimum atomic E-state index is -3.72. The Morgan fingerprint density at radius 2 is 2.05 bits per heavy atom. The molecular formula is C12H15BrF2N2O2S. The van der Waals surface area contributed by atoms with E-state index in [9.17, 15) is 17.2 Å². The van der Waals surface area contributed by atoms with Crippen molar-refractivity contribution < 1.29 is 17.2 Å². The fraction of sp³-hybridized carbons (Fsp3) is 0.500. The Bertz CT molecular complexity index is 589. The Morgan fingerprint density at radius 1 is 1.30 bits per heavy atom. The Kier molecular flexibility index (Phi) is 4.98. The first kappa shape index (κ1) is 15.7. The zero-order valence-corrected chi connectivity index (χ0v) is 13.0. The standard InChI is InChI=1S/C12H15BrF2N2O2S/c13-9-5-11(15)12(6-10(9)14)17-20(18,19)7-8-3-1-2-4-16-8/h5-6,8,16-17H,1-4,7H2. The van der Waals surface area contributed by atoms with Crippen LogP contribution in [0.4, 0.5) is 14.5 Å². The van der Waals surface area contributed by atoms with Crippen LogP contribution in [0.15, 0.2) is 16.6 Å². The highest BCUT2D eigenvalue weighted by Gasteiger charge is 2.22. The van der Waals surface area contributed by atoms with Crippen LogP contribution in [-0.4, -0.2) is 26.8 Å². The van der Waals surface area contributed by atoms with Gasteiger partial charge in [0, 0.05) is 12.1 Å². The van der Waals surface area contributed by atoms with Crippen LogP contribution in [0.2, 0.25) is 0 Å². The summed E-state index contributed by atoms with van der Waals surface area (Å²) in [6.07, 6.45) is 2.75. The lowest BCUT2D eigenvalue weighted by atomic mass is 10.1. The first-order chi connectivity index (χ1) is 9.37. The topological polar surface area (TPSA) is 58.2 Å². The number of nitrogens with one attached hydrogen (secondary N) is 2. The number of hydrogen-bond acceptors (Lipinski definition) is 3. The van der Waals surface area contributed by atoms with Gasteiger partial charge in [-0.3, -0.25) is 4.72 Å². The van der Waals surface area contributed by atoms with E-state index in [4.69, 9.17) is 0 Å². The van der Waals surface area contributed by atoms with Crippen molar-refractivity contribution in [2.45, 2.75) is 25.3 Å². The van der Waals surface area contributed by atoms with Gasteiger partial charge in [-0.1, -0.05) is 6.42 Å². The zero-order valence-electron chi connectivity index (χ0n) is 10.6. The minimum absolute atomic E-state index is 0.0492. The van der Waals surface area contributed by atoms with Gasteiger partial charge in [-0.25, -0.2) is 17.2 Å². The van der Waals surface area contributed by atoms with Crippen molar-refractivity contribution in [3.05, 3.63) is 28.2 Å². The average Bonchev–Trinajstić information content (AvgIpc) is 2.36. The van der Waals surface area contributed by atoms with E-state index in [1.165, 1.54) is 0 Å².